The number of sulfonamides is 1. The minimum Gasteiger partial charge on any atom is -0.476 e. The largest absolute Gasteiger partial charge is 0.476 e. The number of rotatable bonds is 8. The summed E-state index contributed by atoms with van der Waals surface area (Å²) in [5, 5.41) is 13.2. The van der Waals surface area contributed by atoms with Gasteiger partial charge < -0.3 is 15.7 Å². The second-order valence-electron chi connectivity index (χ2n) is 5.19. The van der Waals surface area contributed by atoms with Gasteiger partial charge in [0.05, 0.1) is 22.6 Å². The van der Waals surface area contributed by atoms with E-state index in [0.717, 1.165) is 29.0 Å². The summed E-state index contributed by atoms with van der Waals surface area (Å²) in [7, 11) is -2.93. The molecule has 1 aromatic carbocycles. The average molecular weight is 446 g/mol. The van der Waals surface area contributed by atoms with Crippen molar-refractivity contribution in [2.75, 3.05) is 23.6 Å². The maximum Gasteiger partial charge on any atom is 0.357 e. The Balaban J connectivity index is 2.08. The third-order valence-electron chi connectivity index (χ3n) is 3.20. The van der Waals surface area contributed by atoms with Gasteiger partial charge >= 0.3 is 12.0 Å². The molecule has 0 saturated carbocycles. The van der Waals surface area contributed by atoms with Crippen molar-refractivity contribution >= 4 is 50.0 Å². The molecule has 0 radical (unpaired) electrons. The molecule has 0 saturated heterocycles. The number of hydrogen-bond donors (Lipinski definition) is 6. The van der Waals surface area contributed by atoms with Crippen LogP contribution in [0.1, 0.15) is 10.5 Å². The van der Waals surface area contributed by atoms with Crippen molar-refractivity contribution in [3.63, 3.8) is 0 Å². The van der Waals surface area contributed by atoms with Crippen molar-refractivity contribution in [2.45, 2.75) is 4.90 Å². The van der Waals surface area contributed by atoms with E-state index in [1.54, 1.807) is 0 Å². The first-order valence-corrected chi connectivity index (χ1v) is 10.00. The van der Waals surface area contributed by atoms with Crippen LogP contribution in [0.15, 0.2) is 28.6 Å². The molecule has 2 aromatic rings. The molecule has 6 N–H and O–H groups in total. The monoisotopic (exact) mass is 446 g/mol. The van der Waals surface area contributed by atoms with Gasteiger partial charge in [-0.1, -0.05) is 0 Å². The highest BCUT2D eigenvalue weighted by Crippen LogP contribution is 2.25. The maximum absolute atomic E-state index is 14.2. The summed E-state index contributed by atoms with van der Waals surface area (Å²) < 4.78 is 41.0. The Bertz CT molecular complexity index is 1040. The molecule has 15 heteroatoms. The predicted octanol–water partition coefficient (Wildman–Crippen LogP) is 0.153. The van der Waals surface area contributed by atoms with Gasteiger partial charge in [0.1, 0.15) is 10.8 Å². The van der Waals surface area contributed by atoms with Gasteiger partial charge in [-0.2, -0.15) is 0 Å². The third-order valence-corrected chi connectivity index (χ3v) is 5.42. The van der Waals surface area contributed by atoms with Crippen molar-refractivity contribution < 1.29 is 32.3 Å². The van der Waals surface area contributed by atoms with E-state index in [1.165, 1.54) is 7.05 Å². The standard InChI is InChI=1S/C14H15FN6O6S2/c1-16-14(25)20-18-5-10(22)19-9-3-2-7(4-8(9)15)29(26,27)21-12-11(13(23)24)17-6-28-12/h2-4,6,18,21H,5H2,1H3,(H,19,22)(H,23,24)(H2,16,20,25). The second kappa shape index (κ2) is 9.26. The molecule has 0 aliphatic carbocycles. The summed E-state index contributed by atoms with van der Waals surface area (Å²) in [6.07, 6.45) is 0. The number of thiazole rings is 1. The number of hydrogen-bond acceptors (Lipinski definition) is 8. The number of anilines is 2. The number of amides is 3. The lowest BCUT2D eigenvalue weighted by molar-refractivity contribution is -0.115. The van der Waals surface area contributed by atoms with Gasteiger partial charge in [-0.15, -0.1) is 11.3 Å². The van der Waals surface area contributed by atoms with Crippen LogP contribution in [0.4, 0.5) is 19.9 Å². The van der Waals surface area contributed by atoms with Crippen LogP contribution in [0.5, 0.6) is 0 Å². The van der Waals surface area contributed by atoms with Crippen molar-refractivity contribution in [3.8, 4) is 0 Å². The first-order valence-electron chi connectivity index (χ1n) is 7.63. The van der Waals surface area contributed by atoms with Crippen LogP contribution in [0.2, 0.25) is 0 Å². The van der Waals surface area contributed by atoms with Gasteiger partial charge in [-0.25, -0.2) is 32.8 Å². The van der Waals surface area contributed by atoms with Crippen LogP contribution >= 0.6 is 11.3 Å². The Hall–Kier alpha value is -3.30. The first kappa shape index (κ1) is 22.0. The first-order chi connectivity index (χ1) is 13.6. The molecule has 29 heavy (non-hydrogen) atoms. The molecule has 156 valence electrons. The SMILES string of the molecule is CNC(=O)NNCC(=O)Nc1ccc(S(=O)(=O)Nc2scnc2C(=O)O)cc1F. The summed E-state index contributed by atoms with van der Waals surface area (Å²) in [5.74, 6) is -3.17. The minimum atomic E-state index is -4.30. The molecule has 0 atom stereocenters. The van der Waals surface area contributed by atoms with Crippen LogP contribution in [0, 0.1) is 5.82 Å². The van der Waals surface area contributed by atoms with Crippen LogP contribution in [-0.2, 0) is 14.8 Å². The van der Waals surface area contributed by atoms with Crippen molar-refractivity contribution in [1.82, 2.24) is 21.2 Å². The zero-order valence-electron chi connectivity index (χ0n) is 14.6. The normalized spacial score (nSPS) is 10.8. The number of halogens is 1. The number of carboxylic acid groups (broad SMARTS) is 1. The predicted molar refractivity (Wildman–Crippen MR) is 101 cm³/mol. The minimum absolute atomic E-state index is 0.232. The molecule has 0 bridgehead atoms. The number of aromatic carboxylic acids is 1. The van der Waals surface area contributed by atoms with E-state index < -0.39 is 44.3 Å². The van der Waals surface area contributed by atoms with Crippen LogP contribution in [0.25, 0.3) is 0 Å². The Morgan fingerprint density at radius 2 is 2.00 bits per heavy atom. The van der Waals surface area contributed by atoms with E-state index in [9.17, 15) is 27.2 Å². The summed E-state index contributed by atoms with van der Waals surface area (Å²) >= 11 is 0.752. The fraction of sp³-hybridized carbons (Fsp3) is 0.143. The molecule has 2 rings (SSSR count). The fourth-order valence-corrected chi connectivity index (χ4v) is 3.88. The molecule has 12 nitrogen and oxygen atoms in total. The average Bonchev–Trinajstić information content (AvgIpc) is 3.10. The lowest BCUT2D eigenvalue weighted by atomic mass is 10.3. The molecular formula is C14H15FN6O6S2. The van der Waals surface area contributed by atoms with Gasteiger partial charge in [0, 0.05) is 7.05 Å². The summed E-state index contributed by atoms with van der Waals surface area (Å²) in [5.41, 5.74) is 4.80. The van der Waals surface area contributed by atoms with Gasteiger partial charge in [0.15, 0.2) is 5.69 Å². The highest BCUT2D eigenvalue weighted by Gasteiger charge is 2.22. The summed E-state index contributed by atoms with van der Waals surface area (Å²) in [4.78, 5) is 36.7. The Kier molecular flexibility index (Phi) is 7.03. The molecule has 0 fully saturated rings. The lowest BCUT2D eigenvalue weighted by Gasteiger charge is -2.10. The van der Waals surface area contributed by atoms with Crippen LogP contribution in [0.3, 0.4) is 0 Å². The fourth-order valence-electron chi connectivity index (χ4n) is 1.88. The number of hydrazine groups is 1. The van der Waals surface area contributed by atoms with Crippen LogP contribution < -0.4 is 26.2 Å². The molecule has 1 heterocycles. The van der Waals surface area contributed by atoms with Crippen molar-refractivity contribution in [1.29, 1.82) is 0 Å². The number of carbonyl (C=O) groups is 3. The number of benzene rings is 1. The second-order valence-corrected chi connectivity index (χ2v) is 7.73. The highest BCUT2D eigenvalue weighted by atomic mass is 32.2. The number of urea groups is 1. The molecule has 3 amide bonds. The smallest absolute Gasteiger partial charge is 0.357 e. The summed E-state index contributed by atoms with van der Waals surface area (Å²) in [6.45, 7) is -0.377. The van der Waals surface area contributed by atoms with Gasteiger partial charge in [0.2, 0.25) is 5.91 Å². The maximum atomic E-state index is 14.2. The van der Waals surface area contributed by atoms with E-state index in [4.69, 9.17) is 5.11 Å². The molecule has 0 spiro atoms. The third kappa shape index (κ3) is 5.84. The molecule has 1 aromatic heterocycles. The van der Waals surface area contributed by atoms with Gasteiger partial charge in [-0.3, -0.25) is 14.9 Å². The van der Waals surface area contributed by atoms with E-state index in [2.05, 4.69) is 26.5 Å². The van der Waals surface area contributed by atoms with Crippen LogP contribution in [-0.4, -0.2) is 50.0 Å². The topological polar surface area (TPSA) is 179 Å². The number of nitrogens with one attached hydrogen (secondary N) is 5. The Labute approximate surface area is 167 Å². The number of carboxylic acids is 1. The van der Waals surface area contributed by atoms with Gasteiger partial charge in [-0.05, 0) is 18.2 Å². The number of carbonyl (C=O) groups excluding carboxylic acids is 2. The summed E-state index contributed by atoms with van der Waals surface area (Å²) in [6, 6.07) is 2.13. The zero-order chi connectivity index (χ0) is 21.6. The molecule has 0 aliphatic heterocycles. The van der Waals surface area contributed by atoms with E-state index >= 15 is 0 Å². The number of nitrogens with zero attached hydrogens (tertiary/aromatic N) is 1. The molecule has 0 unspecified atom stereocenters. The van der Waals surface area contributed by atoms with E-state index in [0.29, 0.717) is 6.07 Å². The van der Waals surface area contributed by atoms with Gasteiger partial charge in [0.25, 0.3) is 10.0 Å². The molecular weight excluding hydrogens is 431 g/mol. The zero-order valence-corrected chi connectivity index (χ0v) is 16.3. The van der Waals surface area contributed by atoms with Crippen molar-refractivity contribution in [2.24, 2.45) is 0 Å². The molecule has 0 aliphatic rings. The van der Waals surface area contributed by atoms with E-state index in [-0.39, 0.29) is 17.2 Å². The lowest BCUT2D eigenvalue weighted by Crippen LogP contribution is -2.45. The van der Waals surface area contributed by atoms with Crippen molar-refractivity contribution in [3.05, 3.63) is 35.2 Å². The Morgan fingerprint density at radius 3 is 2.62 bits per heavy atom. The quantitative estimate of drug-likeness (QED) is 0.310. The number of aromatic nitrogens is 1. The van der Waals surface area contributed by atoms with E-state index in [1.807, 2.05) is 4.72 Å². The Morgan fingerprint density at radius 1 is 1.28 bits per heavy atom. The highest BCUT2D eigenvalue weighted by molar-refractivity contribution is 7.93.